The van der Waals surface area contributed by atoms with E-state index in [9.17, 15) is 78.6 Å². The summed E-state index contributed by atoms with van der Waals surface area (Å²) in [6.45, 7) is 3.86. The van der Waals surface area contributed by atoms with Gasteiger partial charge in [-0.25, -0.2) is 4.79 Å². The molecule has 0 aliphatic carbocycles. The average molecular weight is 965 g/mol. The third-order valence-electron chi connectivity index (χ3n) is 11.4. The number of carboxylic acids is 1. The molecule has 2 aliphatic rings. The number of aliphatic hydroxyl groups is 4. The third-order valence-corrected chi connectivity index (χ3v) is 11.4. The summed E-state index contributed by atoms with van der Waals surface area (Å²) in [5.41, 5.74) is 11.2. The summed E-state index contributed by atoms with van der Waals surface area (Å²) in [4.78, 5) is 133. The fourth-order valence-corrected chi connectivity index (χ4v) is 7.54. The van der Waals surface area contributed by atoms with E-state index in [0.29, 0.717) is 18.4 Å². The van der Waals surface area contributed by atoms with Crippen molar-refractivity contribution in [3.05, 3.63) is 29.8 Å². The van der Waals surface area contributed by atoms with E-state index in [1.807, 2.05) is 0 Å². The number of primary amides is 1. The summed E-state index contributed by atoms with van der Waals surface area (Å²) in [7, 11) is 0. The van der Waals surface area contributed by atoms with Crippen LogP contribution in [-0.4, -0.2) is 192 Å². The monoisotopic (exact) mass is 964 g/mol. The summed E-state index contributed by atoms with van der Waals surface area (Å²) in [5.74, 6) is -9.76. The van der Waals surface area contributed by atoms with E-state index in [4.69, 9.17) is 11.5 Å². The van der Waals surface area contributed by atoms with Gasteiger partial charge in [0.15, 0.2) is 6.04 Å². The van der Waals surface area contributed by atoms with E-state index in [-0.39, 0.29) is 50.9 Å². The van der Waals surface area contributed by atoms with Gasteiger partial charge in [0.1, 0.15) is 48.0 Å². The van der Waals surface area contributed by atoms with Crippen LogP contribution in [0.3, 0.4) is 0 Å². The summed E-state index contributed by atoms with van der Waals surface area (Å²) >= 11 is 0. The first-order valence-corrected chi connectivity index (χ1v) is 22.0. The van der Waals surface area contributed by atoms with E-state index >= 15 is 0 Å². The van der Waals surface area contributed by atoms with Crippen LogP contribution in [0, 0.1) is 0 Å². The van der Waals surface area contributed by atoms with Gasteiger partial charge in [-0.15, -0.1) is 0 Å². The molecule has 2 saturated heterocycles. The highest BCUT2D eigenvalue weighted by Gasteiger charge is 2.45. The zero-order chi connectivity index (χ0) is 51.2. The number of rotatable bonds is 24. The smallest absolute Gasteiger partial charge is 0.328 e. The lowest BCUT2D eigenvalue weighted by atomic mass is 10.0. The molecule has 3 rings (SSSR count). The zero-order valence-corrected chi connectivity index (χ0v) is 38.1. The Hall–Kier alpha value is -6.48. The number of carbonyl (C=O) groups excluding carboxylic acids is 9. The molecule has 0 spiro atoms. The number of likely N-dealkylation sites (tertiary alicyclic amines) is 2. The molecule has 0 aromatic heterocycles. The molecule has 0 bridgehead atoms. The number of nitrogens with zero attached hydrogens (tertiary/aromatic N) is 2. The van der Waals surface area contributed by atoms with Crippen LogP contribution >= 0.6 is 0 Å². The minimum absolute atomic E-state index is 0.00316. The largest absolute Gasteiger partial charge is 0.508 e. The van der Waals surface area contributed by atoms with Crippen LogP contribution in [0.1, 0.15) is 71.8 Å². The van der Waals surface area contributed by atoms with Gasteiger partial charge in [-0.1, -0.05) is 12.1 Å². The molecule has 378 valence electrons. The molecule has 26 heteroatoms. The van der Waals surface area contributed by atoms with E-state index in [2.05, 4.69) is 31.9 Å². The lowest BCUT2D eigenvalue weighted by molar-refractivity contribution is -0.149. The van der Waals surface area contributed by atoms with E-state index in [1.54, 1.807) is 0 Å². The van der Waals surface area contributed by atoms with Gasteiger partial charge in [0, 0.05) is 25.9 Å². The highest BCUT2D eigenvalue weighted by molar-refractivity contribution is 5.98. The summed E-state index contributed by atoms with van der Waals surface area (Å²) < 4.78 is 0. The number of carbonyl (C=O) groups is 10. The quantitative estimate of drug-likeness (QED) is 0.0458. The van der Waals surface area contributed by atoms with Crippen LogP contribution in [0.4, 0.5) is 0 Å². The number of amides is 9. The molecule has 0 radical (unpaired) electrons. The molecule has 16 N–H and O–H groups in total. The number of hydrogen-bond acceptors (Lipinski definition) is 16. The maximum absolute atomic E-state index is 14.2. The number of hydrogen-bond donors (Lipinski definition) is 14. The molecule has 2 heterocycles. The van der Waals surface area contributed by atoms with E-state index in [0.717, 1.165) is 11.8 Å². The highest BCUT2D eigenvalue weighted by Crippen LogP contribution is 2.26. The van der Waals surface area contributed by atoms with E-state index in [1.165, 1.54) is 49.9 Å². The number of phenolic OH excluding ortho intramolecular Hbond substituents is 1. The van der Waals surface area contributed by atoms with Gasteiger partial charge in [0.25, 0.3) is 0 Å². The first-order valence-electron chi connectivity index (χ1n) is 22.0. The molecule has 0 saturated carbocycles. The first-order chi connectivity index (χ1) is 31.9. The van der Waals surface area contributed by atoms with Crippen LogP contribution in [0.5, 0.6) is 5.75 Å². The van der Waals surface area contributed by atoms with Crippen LogP contribution in [0.25, 0.3) is 0 Å². The number of nitrogens with two attached hydrogens (primary N) is 2. The normalized spacial score (nSPS) is 20.1. The van der Waals surface area contributed by atoms with E-state index < -0.39 is 138 Å². The minimum atomic E-state index is -1.76. The average Bonchev–Trinajstić information content (AvgIpc) is 3.98. The van der Waals surface area contributed by atoms with Crippen molar-refractivity contribution in [1.82, 2.24) is 41.7 Å². The molecule has 2 aliphatic heterocycles. The van der Waals surface area contributed by atoms with Gasteiger partial charge < -0.3 is 83.8 Å². The second-order valence-corrected chi connectivity index (χ2v) is 16.9. The maximum atomic E-state index is 14.2. The topological polar surface area (TPSA) is 423 Å². The van der Waals surface area contributed by atoms with Crippen molar-refractivity contribution in [2.24, 2.45) is 11.5 Å². The van der Waals surface area contributed by atoms with Crippen molar-refractivity contribution in [3.63, 3.8) is 0 Å². The molecule has 68 heavy (non-hydrogen) atoms. The summed E-state index contributed by atoms with van der Waals surface area (Å²) in [6.07, 6.45) is -4.40. The highest BCUT2D eigenvalue weighted by atomic mass is 16.4. The van der Waals surface area contributed by atoms with Gasteiger partial charge in [0.2, 0.25) is 53.2 Å². The number of benzene rings is 1. The Morgan fingerprint density at radius 1 is 0.662 bits per heavy atom. The maximum Gasteiger partial charge on any atom is 0.328 e. The van der Waals surface area contributed by atoms with Gasteiger partial charge in [-0.3, -0.25) is 43.2 Å². The number of aliphatic hydroxyl groups excluding tert-OH is 4. The molecule has 1 aromatic carbocycles. The fraction of sp³-hybridized carbons (Fsp3) is 0.619. The third kappa shape index (κ3) is 15.5. The molecule has 9 amide bonds. The van der Waals surface area contributed by atoms with Gasteiger partial charge in [-0.05, 0) is 77.5 Å². The van der Waals surface area contributed by atoms with Crippen molar-refractivity contribution in [1.29, 1.82) is 0 Å². The minimum Gasteiger partial charge on any atom is -0.508 e. The van der Waals surface area contributed by atoms with Crippen molar-refractivity contribution in [3.8, 4) is 5.75 Å². The number of carboxylic acid groups (broad SMARTS) is 1. The molecule has 2 fully saturated rings. The standard InChI is InChI=1S/C42H64N10O16/c1-19(45-37(62)27(18-53)47-35(60)25(43)13-14-30(44)58)34(59)46-26(17-23-9-11-24(57)12-10-23)36(61)49-32(21(3)55)41(66)52-16-6-8-29(52)40(65)51-15-5-7-28(51)38(63)48-31(20(2)54)39(64)50-33(22(4)56)42(67)68/h9-12,19-22,25-29,31-33,53-57H,5-8,13-18,43H2,1-4H3,(H2,44,58)(H,45,62)(H,46,59)(H,47,60)(H,48,63)(H,49,61)(H,50,64)(H,67,68)/t19-,20+,21+,22+,25-,26-,27-,28-,29-,31-,32-,33-/m0/s1. The zero-order valence-electron chi connectivity index (χ0n) is 38.1. The summed E-state index contributed by atoms with van der Waals surface area (Å²) in [5, 5.41) is 73.9. The first kappa shape index (κ1) is 55.8. The second kappa shape index (κ2) is 25.6. The number of aromatic hydroxyl groups is 1. The van der Waals surface area contributed by atoms with Crippen LogP contribution in [0.15, 0.2) is 24.3 Å². The predicted molar refractivity (Wildman–Crippen MR) is 235 cm³/mol. The predicted octanol–water partition coefficient (Wildman–Crippen LogP) is -6.34. The molecular formula is C42H64N10O16. The van der Waals surface area contributed by atoms with Crippen molar-refractivity contribution in [2.75, 3.05) is 19.7 Å². The molecule has 1 aromatic rings. The molecule has 26 nitrogen and oxygen atoms in total. The number of aliphatic carboxylic acids is 1. The Kier molecular flexibility index (Phi) is 21.0. The summed E-state index contributed by atoms with van der Waals surface area (Å²) in [6, 6.07) is -7.74. The lowest BCUT2D eigenvalue weighted by Gasteiger charge is -2.34. The lowest BCUT2D eigenvalue weighted by Crippen LogP contribution is -2.62. The Bertz CT molecular complexity index is 2000. The van der Waals surface area contributed by atoms with Gasteiger partial charge >= 0.3 is 5.97 Å². The Morgan fingerprint density at radius 3 is 1.74 bits per heavy atom. The van der Waals surface area contributed by atoms with Crippen LogP contribution in [-0.2, 0) is 54.4 Å². The van der Waals surface area contributed by atoms with Crippen molar-refractivity contribution < 1.29 is 78.6 Å². The van der Waals surface area contributed by atoms with Crippen molar-refractivity contribution in [2.45, 2.75) is 145 Å². The molecule has 0 unspecified atom stereocenters. The van der Waals surface area contributed by atoms with Crippen molar-refractivity contribution >= 4 is 59.1 Å². The number of phenols is 1. The van der Waals surface area contributed by atoms with Crippen LogP contribution in [0.2, 0.25) is 0 Å². The van der Waals surface area contributed by atoms with Gasteiger partial charge in [-0.2, -0.15) is 0 Å². The van der Waals surface area contributed by atoms with Crippen LogP contribution < -0.4 is 43.4 Å². The Labute approximate surface area is 390 Å². The Morgan fingerprint density at radius 2 is 1.19 bits per heavy atom. The molecule has 12 atom stereocenters. The Balaban J connectivity index is 1.78. The number of nitrogens with one attached hydrogen (secondary N) is 6. The fourth-order valence-electron chi connectivity index (χ4n) is 7.54. The SMILES string of the molecule is C[C@H](NC(=O)[C@H](CO)NC(=O)[C@@H](N)CCC(N)=O)C(=O)N[C@@H](Cc1ccc(O)cc1)C(=O)N[C@H](C(=O)N1CCC[C@H]1C(=O)N1CCC[C@H]1C(=O)N[C@H](C(=O)N[C@H](C(=O)O)[C@@H](C)O)[C@@H](C)O)[C@@H](C)O. The molecular weight excluding hydrogens is 901 g/mol. The second-order valence-electron chi connectivity index (χ2n) is 16.9. The van der Waals surface area contributed by atoms with Gasteiger partial charge in [0.05, 0.1) is 31.0 Å².